The molecule has 1 N–H and O–H groups in total. The molecule has 0 unspecified atom stereocenters. The number of nitrogens with zero attached hydrogens (tertiary/aromatic N) is 3. The summed E-state index contributed by atoms with van der Waals surface area (Å²) in [6, 6.07) is 15.0. The van der Waals surface area contributed by atoms with E-state index in [-0.39, 0.29) is 37.1 Å². The summed E-state index contributed by atoms with van der Waals surface area (Å²) in [5, 5.41) is 3.49. The highest BCUT2D eigenvalue weighted by atomic mass is 35.5. The van der Waals surface area contributed by atoms with E-state index in [0.717, 1.165) is 24.7 Å². The third-order valence-electron chi connectivity index (χ3n) is 5.67. The zero-order chi connectivity index (χ0) is 21.8. The average molecular weight is 441 g/mol. The van der Waals surface area contributed by atoms with Gasteiger partial charge in [-0.15, -0.1) is 0 Å². The summed E-state index contributed by atoms with van der Waals surface area (Å²) in [6.07, 6.45) is 0.238. The fourth-order valence-electron chi connectivity index (χ4n) is 3.97. The summed E-state index contributed by atoms with van der Waals surface area (Å²) in [5.74, 6) is -0.457. The van der Waals surface area contributed by atoms with Crippen molar-refractivity contribution in [2.24, 2.45) is 0 Å². The first kappa shape index (κ1) is 21.3. The Morgan fingerprint density at radius 2 is 1.58 bits per heavy atom. The Labute approximate surface area is 186 Å². The number of fused-ring (bicyclic) bond motifs is 1. The van der Waals surface area contributed by atoms with Gasteiger partial charge in [0, 0.05) is 50.6 Å². The Morgan fingerprint density at radius 1 is 0.903 bits per heavy atom. The number of carbonyl (C=O) groups is 3. The largest absolute Gasteiger partial charge is 0.340 e. The van der Waals surface area contributed by atoms with Gasteiger partial charge in [-0.1, -0.05) is 35.9 Å². The quantitative estimate of drug-likeness (QED) is 0.776. The summed E-state index contributed by atoms with van der Waals surface area (Å²) in [4.78, 5) is 42.9. The van der Waals surface area contributed by atoms with Crippen molar-refractivity contribution in [3.63, 3.8) is 0 Å². The molecule has 0 radical (unpaired) electrons. The lowest BCUT2D eigenvalue weighted by Gasteiger charge is -2.35. The number of carbonyl (C=O) groups excluding carboxylic acids is 3. The summed E-state index contributed by atoms with van der Waals surface area (Å²) in [5.41, 5.74) is 2.49. The molecule has 0 aromatic heterocycles. The minimum Gasteiger partial charge on any atom is -0.340 e. The van der Waals surface area contributed by atoms with Crippen LogP contribution in [-0.4, -0.2) is 60.2 Å². The van der Waals surface area contributed by atoms with Gasteiger partial charge in [0.1, 0.15) is 6.54 Å². The molecule has 8 heteroatoms. The number of benzene rings is 2. The first-order chi connectivity index (χ1) is 15.0. The first-order valence-corrected chi connectivity index (χ1v) is 10.8. The lowest BCUT2D eigenvalue weighted by molar-refractivity contribution is -0.134. The molecule has 1 fully saturated rings. The number of rotatable bonds is 5. The molecular weight excluding hydrogens is 416 g/mol. The molecule has 2 aliphatic heterocycles. The highest BCUT2D eigenvalue weighted by Gasteiger charge is 2.28. The van der Waals surface area contributed by atoms with Crippen LogP contribution in [0.1, 0.15) is 18.4 Å². The van der Waals surface area contributed by atoms with Crippen LogP contribution in [-0.2, 0) is 20.9 Å². The average Bonchev–Trinajstić information content (AvgIpc) is 2.78. The van der Waals surface area contributed by atoms with Gasteiger partial charge in [0.05, 0.1) is 11.4 Å². The molecule has 0 aliphatic carbocycles. The van der Waals surface area contributed by atoms with Gasteiger partial charge >= 0.3 is 0 Å². The van der Waals surface area contributed by atoms with Crippen molar-refractivity contribution in [2.45, 2.75) is 19.4 Å². The molecule has 3 amide bonds. The van der Waals surface area contributed by atoms with E-state index in [2.05, 4.69) is 10.2 Å². The van der Waals surface area contributed by atoms with Gasteiger partial charge in [-0.2, -0.15) is 0 Å². The second-order valence-electron chi connectivity index (χ2n) is 7.83. The van der Waals surface area contributed by atoms with Gasteiger partial charge in [-0.25, -0.2) is 0 Å². The number of para-hydroxylation sites is 2. The lowest BCUT2D eigenvalue weighted by atomic mass is 10.1. The third kappa shape index (κ3) is 5.24. The van der Waals surface area contributed by atoms with Crippen molar-refractivity contribution in [2.75, 3.05) is 42.9 Å². The predicted molar refractivity (Wildman–Crippen MR) is 120 cm³/mol. The topological polar surface area (TPSA) is 73.0 Å². The number of halogens is 1. The molecule has 162 valence electrons. The van der Waals surface area contributed by atoms with E-state index in [9.17, 15) is 14.4 Å². The maximum atomic E-state index is 12.7. The molecule has 1 saturated heterocycles. The number of hydrogen-bond acceptors (Lipinski definition) is 4. The number of piperazine rings is 1. The van der Waals surface area contributed by atoms with Crippen LogP contribution in [0.5, 0.6) is 0 Å². The van der Waals surface area contributed by atoms with E-state index in [0.29, 0.717) is 24.5 Å². The molecule has 2 heterocycles. The highest BCUT2D eigenvalue weighted by Crippen LogP contribution is 2.29. The highest BCUT2D eigenvalue weighted by molar-refractivity contribution is 6.30. The maximum absolute atomic E-state index is 12.7. The van der Waals surface area contributed by atoms with Crippen LogP contribution in [0.3, 0.4) is 0 Å². The van der Waals surface area contributed by atoms with E-state index in [4.69, 9.17) is 11.6 Å². The monoisotopic (exact) mass is 440 g/mol. The van der Waals surface area contributed by atoms with Gasteiger partial charge in [-0.3, -0.25) is 19.3 Å². The number of anilines is 2. The molecule has 7 nitrogen and oxygen atoms in total. The van der Waals surface area contributed by atoms with Crippen LogP contribution in [0.25, 0.3) is 0 Å². The lowest BCUT2D eigenvalue weighted by Crippen LogP contribution is -2.48. The molecule has 2 aromatic rings. The Morgan fingerprint density at radius 3 is 2.32 bits per heavy atom. The number of hydrogen-bond donors (Lipinski definition) is 1. The number of nitrogens with one attached hydrogen (secondary N) is 1. The molecule has 2 aliphatic rings. The van der Waals surface area contributed by atoms with Crippen molar-refractivity contribution in [1.82, 2.24) is 9.80 Å². The molecule has 0 atom stereocenters. The molecular formula is C23H25ClN4O3. The Hall–Kier alpha value is -2.90. The predicted octanol–water partition coefficient (Wildman–Crippen LogP) is 2.75. The zero-order valence-electron chi connectivity index (χ0n) is 17.2. The normalized spacial score (nSPS) is 16.6. The summed E-state index contributed by atoms with van der Waals surface area (Å²) in [7, 11) is 0. The van der Waals surface area contributed by atoms with Crippen molar-refractivity contribution in [1.29, 1.82) is 0 Å². The van der Waals surface area contributed by atoms with Gasteiger partial charge in [-0.05, 0) is 29.8 Å². The van der Waals surface area contributed by atoms with Crippen molar-refractivity contribution in [3.8, 4) is 0 Å². The van der Waals surface area contributed by atoms with Crippen LogP contribution in [0.2, 0.25) is 5.02 Å². The van der Waals surface area contributed by atoms with Crippen LogP contribution in [0.4, 0.5) is 11.4 Å². The van der Waals surface area contributed by atoms with Crippen molar-refractivity contribution < 1.29 is 14.4 Å². The Kier molecular flexibility index (Phi) is 6.53. The summed E-state index contributed by atoms with van der Waals surface area (Å²) >= 11 is 5.94. The van der Waals surface area contributed by atoms with Crippen molar-refractivity contribution >= 4 is 40.7 Å². The minimum absolute atomic E-state index is 0.0192. The standard InChI is InChI=1S/C23H25ClN4O3/c24-18-7-5-17(6-8-18)15-26-11-13-27(14-12-26)22(30)9-10-23(31)28-16-21(29)25-19-3-1-2-4-20(19)28/h1-8H,9-16H2,(H,25,29). The smallest absolute Gasteiger partial charge is 0.244 e. The van der Waals surface area contributed by atoms with Crippen LogP contribution < -0.4 is 10.2 Å². The first-order valence-electron chi connectivity index (χ1n) is 10.4. The number of amides is 3. The van der Waals surface area contributed by atoms with E-state index in [1.807, 2.05) is 41.3 Å². The van der Waals surface area contributed by atoms with Gasteiger partial charge in [0.2, 0.25) is 17.7 Å². The van der Waals surface area contributed by atoms with Crippen molar-refractivity contribution in [3.05, 3.63) is 59.1 Å². The van der Waals surface area contributed by atoms with Gasteiger partial charge < -0.3 is 15.1 Å². The molecule has 2 aromatic carbocycles. The molecule has 0 bridgehead atoms. The van der Waals surface area contributed by atoms with Crippen LogP contribution in [0, 0.1) is 0 Å². The third-order valence-corrected chi connectivity index (χ3v) is 5.92. The van der Waals surface area contributed by atoms with Gasteiger partial charge in [0.15, 0.2) is 0 Å². The Balaban J connectivity index is 1.26. The van der Waals surface area contributed by atoms with E-state index < -0.39 is 0 Å². The maximum Gasteiger partial charge on any atom is 0.244 e. The van der Waals surface area contributed by atoms with Crippen LogP contribution in [0.15, 0.2) is 48.5 Å². The molecule has 4 rings (SSSR count). The second-order valence-corrected chi connectivity index (χ2v) is 8.27. The van der Waals surface area contributed by atoms with E-state index >= 15 is 0 Å². The molecule has 31 heavy (non-hydrogen) atoms. The van der Waals surface area contributed by atoms with Crippen LogP contribution >= 0.6 is 11.6 Å². The fraction of sp³-hybridized carbons (Fsp3) is 0.348. The van der Waals surface area contributed by atoms with Gasteiger partial charge in [0.25, 0.3) is 0 Å². The zero-order valence-corrected chi connectivity index (χ0v) is 18.0. The second kappa shape index (κ2) is 9.49. The fourth-order valence-corrected chi connectivity index (χ4v) is 4.09. The molecule has 0 spiro atoms. The summed E-state index contributed by atoms with van der Waals surface area (Å²) in [6.45, 7) is 3.69. The molecule has 0 saturated carbocycles. The van der Waals surface area contributed by atoms with E-state index in [1.165, 1.54) is 10.5 Å². The summed E-state index contributed by atoms with van der Waals surface area (Å²) < 4.78 is 0. The Bertz CT molecular complexity index is 971. The SMILES string of the molecule is O=C1CN(C(=O)CCC(=O)N2CCN(Cc3ccc(Cl)cc3)CC2)c2ccccc2N1. The minimum atomic E-state index is -0.227. The van der Waals surface area contributed by atoms with E-state index in [1.54, 1.807) is 12.1 Å².